The summed E-state index contributed by atoms with van der Waals surface area (Å²) in [6.45, 7) is 5.23. The lowest BCUT2D eigenvalue weighted by Crippen LogP contribution is -2.51. The molecule has 3 aromatic rings. The molecule has 1 atom stereocenters. The highest BCUT2D eigenvalue weighted by Gasteiger charge is 2.33. The number of hydrogen-bond donors (Lipinski definition) is 1. The van der Waals surface area contributed by atoms with Crippen LogP contribution in [0.5, 0.6) is 0 Å². The van der Waals surface area contributed by atoms with Gasteiger partial charge < -0.3 is 10.2 Å². The first kappa shape index (κ1) is 27.2. The van der Waals surface area contributed by atoms with Crippen LogP contribution in [-0.4, -0.2) is 44.3 Å². The van der Waals surface area contributed by atoms with Crippen molar-refractivity contribution in [3.63, 3.8) is 0 Å². The third-order valence-corrected chi connectivity index (χ3v) is 7.77. The van der Waals surface area contributed by atoms with Crippen LogP contribution in [0.4, 0.5) is 5.69 Å². The fraction of sp³-hybridized carbons (Fsp3) is 0.259. The minimum absolute atomic E-state index is 0.0450. The SMILES string of the molecule is CCNC(=O)[C@H](C)N(Cc1ccccc1)C(=O)CN(c1cc(Cl)ccc1C)S(=O)(=O)c1ccccc1. The molecule has 0 aliphatic carbocycles. The molecular weight excluding hydrogens is 498 g/mol. The molecule has 0 fully saturated rings. The number of amides is 2. The van der Waals surface area contributed by atoms with Crippen LogP contribution < -0.4 is 9.62 Å². The van der Waals surface area contributed by atoms with E-state index < -0.39 is 28.5 Å². The van der Waals surface area contributed by atoms with E-state index in [9.17, 15) is 18.0 Å². The van der Waals surface area contributed by atoms with Crippen molar-refractivity contribution in [2.75, 3.05) is 17.4 Å². The summed E-state index contributed by atoms with van der Waals surface area (Å²) < 4.78 is 28.6. The van der Waals surface area contributed by atoms with Gasteiger partial charge >= 0.3 is 0 Å². The number of carbonyl (C=O) groups is 2. The quantitative estimate of drug-likeness (QED) is 0.423. The second kappa shape index (κ2) is 12.1. The normalized spacial score (nSPS) is 12.0. The van der Waals surface area contributed by atoms with Gasteiger partial charge in [0.15, 0.2) is 0 Å². The van der Waals surface area contributed by atoms with Crippen molar-refractivity contribution < 1.29 is 18.0 Å². The topological polar surface area (TPSA) is 86.8 Å². The molecule has 0 unspecified atom stereocenters. The number of nitrogens with zero attached hydrogens (tertiary/aromatic N) is 2. The molecule has 9 heteroatoms. The summed E-state index contributed by atoms with van der Waals surface area (Å²) in [5.41, 5.74) is 1.75. The van der Waals surface area contributed by atoms with Crippen LogP contribution in [0, 0.1) is 6.92 Å². The first-order valence-electron chi connectivity index (χ1n) is 11.6. The molecule has 3 rings (SSSR count). The summed E-state index contributed by atoms with van der Waals surface area (Å²) in [6, 6.07) is 21.2. The first-order valence-corrected chi connectivity index (χ1v) is 13.4. The third-order valence-electron chi connectivity index (χ3n) is 5.76. The number of benzene rings is 3. The summed E-state index contributed by atoms with van der Waals surface area (Å²) in [7, 11) is -4.12. The number of hydrogen-bond acceptors (Lipinski definition) is 4. The number of carbonyl (C=O) groups excluding carboxylic acids is 2. The van der Waals surface area contributed by atoms with E-state index in [1.54, 1.807) is 51.1 Å². The lowest BCUT2D eigenvalue weighted by atomic mass is 10.1. The van der Waals surface area contributed by atoms with Crippen LogP contribution in [0.15, 0.2) is 83.8 Å². The van der Waals surface area contributed by atoms with Gasteiger partial charge in [0.05, 0.1) is 10.6 Å². The Morgan fingerprint density at radius 1 is 0.972 bits per heavy atom. The molecule has 0 spiro atoms. The Bertz CT molecular complexity index is 1300. The zero-order valence-electron chi connectivity index (χ0n) is 20.5. The van der Waals surface area contributed by atoms with Gasteiger partial charge in [-0.15, -0.1) is 0 Å². The van der Waals surface area contributed by atoms with E-state index in [1.165, 1.54) is 23.1 Å². The minimum atomic E-state index is -4.12. The molecule has 3 aromatic carbocycles. The van der Waals surface area contributed by atoms with E-state index in [0.29, 0.717) is 22.8 Å². The van der Waals surface area contributed by atoms with E-state index in [4.69, 9.17) is 11.6 Å². The zero-order valence-corrected chi connectivity index (χ0v) is 22.1. The number of likely N-dealkylation sites (N-methyl/N-ethyl adjacent to an activating group) is 1. The Kier molecular flexibility index (Phi) is 9.12. The van der Waals surface area contributed by atoms with Crippen molar-refractivity contribution in [3.05, 3.63) is 95.0 Å². The lowest BCUT2D eigenvalue weighted by molar-refractivity contribution is -0.139. The maximum Gasteiger partial charge on any atom is 0.264 e. The summed E-state index contributed by atoms with van der Waals surface area (Å²) >= 11 is 6.22. The number of anilines is 1. The van der Waals surface area contributed by atoms with Gasteiger partial charge in [-0.25, -0.2) is 8.42 Å². The van der Waals surface area contributed by atoms with Gasteiger partial charge in [0.25, 0.3) is 10.0 Å². The van der Waals surface area contributed by atoms with Crippen molar-refractivity contribution in [2.45, 2.75) is 38.3 Å². The summed E-state index contributed by atoms with van der Waals surface area (Å²) in [4.78, 5) is 27.9. The Morgan fingerprint density at radius 2 is 1.58 bits per heavy atom. The molecule has 7 nitrogen and oxygen atoms in total. The molecule has 0 aromatic heterocycles. The van der Waals surface area contributed by atoms with Crippen LogP contribution in [0.1, 0.15) is 25.0 Å². The van der Waals surface area contributed by atoms with E-state index in [2.05, 4.69) is 5.32 Å². The average Bonchev–Trinajstić information content (AvgIpc) is 2.88. The first-order chi connectivity index (χ1) is 17.1. The van der Waals surface area contributed by atoms with Gasteiger partial charge in [0.2, 0.25) is 11.8 Å². The number of halogens is 1. The van der Waals surface area contributed by atoms with Gasteiger partial charge in [-0.2, -0.15) is 0 Å². The molecule has 0 heterocycles. The standard InChI is InChI=1S/C27H30ClN3O4S/c1-4-29-27(33)21(3)30(18-22-11-7-5-8-12-22)26(32)19-31(25-17-23(28)16-15-20(25)2)36(34,35)24-13-9-6-10-14-24/h5-17,21H,4,18-19H2,1-3H3,(H,29,33)/t21-/m0/s1. The molecule has 0 radical (unpaired) electrons. The predicted octanol–water partition coefficient (Wildman–Crippen LogP) is 4.40. The minimum Gasteiger partial charge on any atom is -0.355 e. The number of sulfonamides is 1. The molecule has 0 aliphatic rings. The fourth-order valence-corrected chi connectivity index (χ4v) is 5.43. The summed E-state index contributed by atoms with van der Waals surface area (Å²) in [5, 5.41) is 3.08. The second-order valence-electron chi connectivity index (χ2n) is 8.33. The average molecular weight is 528 g/mol. The van der Waals surface area contributed by atoms with Crippen LogP contribution >= 0.6 is 11.6 Å². The second-order valence-corrected chi connectivity index (χ2v) is 10.6. The molecule has 190 valence electrons. The Morgan fingerprint density at radius 3 is 2.19 bits per heavy atom. The molecule has 2 amide bonds. The molecule has 0 saturated carbocycles. The van der Waals surface area contributed by atoms with E-state index in [-0.39, 0.29) is 17.3 Å². The van der Waals surface area contributed by atoms with Gasteiger partial charge in [-0.05, 0) is 56.2 Å². The molecule has 0 bridgehead atoms. The Labute approximate surface area is 217 Å². The van der Waals surface area contributed by atoms with Crippen molar-refractivity contribution >= 4 is 39.1 Å². The lowest BCUT2D eigenvalue weighted by Gasteiger charge is -2.32. The van der Waals surface area contributed by atoms with Crippen LogP contribution in [-0.2, 0) is 26.2 Å². The molecule has 36 heavy (non-hydrogen) atoms. The van der Waals surface area contributed by atoms with Gasteiger partial charge in [0, 0.05) is 18.1 Å². The Hall–Kier alpha value is -3.36. The highest BCUT2D eigenvalue weighted by Crippen LogP contribution is 2.30. The van der Waals surface area contributed by atoms with Crippen molar-refractivity contribution in [2.24, 2.45) is 0 Å². The molecule has 0 saturated heterocycles. The molecule has 0 aliphatic heterocycles. The van der Waals surface area contributed by atoms with Crippen molar-refractivity contribution in [3.8, 4) is 0 Å². The highest BCUT2D eigenvalue weighted by molar-refractivity contribution is 7.92. The van der Waals surface area contributed by atoms with Gasteiger partial charge in [-0.1, -0.05) is 66.2 Å². The number of rotatable bonds is 10. The zero-order chi connectivity index (χ0) is 26.3. The van der Waals surface area contributed by atoms with Crippen LogP contribution in [0.25, 0.3) is 0 Å². The summed E-state index contributed by atoms with van der Waals surface area (Å²) in [6.07, 6.45) is 0. The van der Waals surface area contributed by atoms with Crippen LogP contribution in [0.2, 0.25) is 5.02 Å². The largest absolute Gasteiger partial charge is 0.355 e. The van der Waals surface area contributed by atoms with E-state index in [0.717, 1.165) is 9.87 Å². The molecule has 1 N–H and O–H groups in total. The van der Waals surface area contributed by atoms with E-state index in [1.807, 2.05) is 30.3 Å². The van der Waals surface area contributed by atoms with Gasteiger partial charge in [-0.3, -0.25) is 13.9 Å². The summed E-state index contributed by atoms with van der Waals surface area (Å²) in [5.74, 6) is -0.838. The van der Waals surface area contributed by atoms with Crippen LogP contribution in [0.3, 0.4) is 0 Å². The van der Waals surface area contributed by atoms with Crippen molar-refractivity contribution in [1.82, 2.24) is 10.2 Å². The maximum absolute atomic E-state index is 13.8. The molecular formula is C27H30ClN3O4S. The third kappa shape index (κ3) is 6.44. The fourth-order valence-electron chi connectivity index (χ4n) is 3.77. The predicted molar refractivity (Wildman–Crippen MR) is 142 cm³/mol. The highest BCUT2D eigenvalue weighted by atomic mass is 35.5. The number of nitrogens with one attached hydrogen (secondary N) is 1. The van der Waals surface area contributed by atoms with Crippen molar-refractivity contribution in [1.29, 1.82) is 0 Å². The monoisotopic (exact) mass is 527 g/mol. The van der Waals surface area contributed by atoms with Gasteiger partial charge in [0.1, 0.15) is 12.6 Å². The number of aryl methyl sites for hydroxylation is 1. The Balaban J connectivity index is 2.05. The maximum atomic E-state index is 13.8. The smallest absolute Gasteiger partial charge is 0.264 e. The van der Waals surface area contributed by atoms with E-state index >= 15 is 0 Å².